The van der Waals surface area contributed by atoms with Crippen molar-refractivity contribution >= 4 is 23.2 Å². The average Bonchev–Trinajstić information content (AvgIpc) is 2.58. The van der Waals surface area contributed by atoms with Gasteiger partial charge < -0.3 is 15.3 Å². The summed E-state index contributed by atoms with van der Waals surface area (Å²) in [5, 5.41) is 13.5. The van der Waals surface area contributed by atoms with Crippen LogP contribution in [0.3, 0.4) is 0 Å². The summed E-state index contributed by atoms with van der Waals surface area (Å²) in [5.74, 6) is 0.405. The molecule has 1 saturated carbocycles. The van der Waals surface area contributed by atoms with E-state index in [1.165, 1.54) is 20.3 Å². The second-order valence-electron chi connectivity index (χ2n) is 9.11. The molecule has 0 spiro atoms. The number of aliphatic hydroxyl groups is 1. The molecule has 1 aromatic carbocycles. The lowest BCUT2D eigenvalue weighted by molar-refractivity contribution is -0.138. The molecule has 28 heavy (non-hydrogen) atoms. The van der Waals surface area contributed by atoms with Crippen molar-refractivity contribution in [2.75, 3.05) is 31.1 Å². The van der Waals surface area contributed by atoms with Crippen molar-refractivity contribution in [3.8, 4) is 0 Å². The average molecular weight is 408 g/mol. The summed E-state index contributed by atoms with van der Waals surface area (Å²) in [6.07, 6.45) is 3.22. The Balaban J connectivity index is 1.40. The highest BCUT2D eigenvalue weighted by molar-refractivity contribution is 6.34. The molecular weight excluding hydrogens is 374 g/mol. The molecule has 0 bridgehead atoms. The maximum absolute atomic E-state index is 11.8. The van der Waals surface area contributed by atoms with Gasteiger partial charge in [0.1, 0.15) is 5.60 Å². The van der Waals surface area contributed by atoms with E-state index in [2.05, 4.69) is 47.2 Å². The molecule has 6 heteroatoms. The first kappa shape index (κ1) is 21.4. The third kappa shape index (κ3) is 5.00. The van der Waals surface area contributed by atoms with Gasteiger partial charge in [0, 0.05) is 31.7 Å². The lowest BCUT2D eigenvalue weighted by atomic mass is 9.78. The first-order valence-electron chi connectivity index (χ1n) is 10.4. The van der Waals surface area contributed by atoms with E-state index in [0.717, 1.165) is 55.3 Å². The minimum absolute atomic E-state index is 0.225. The van der Waals surface area contributed by atoms with Crippen molar-refractivity contribution in [3.63, 3.8) is 0 Å². The topological polar surface area (TPSA) is 55.8 Å². The third-order valence-electron chi connectivity index (χ3n) is 6.17. The fourth-order valence-electron chi connectivity index (χ4n) is 4.26. The molecule has 0 aromatic heterocycles. The van der Waals surface area contributed by atoms with Gasteiger partial charge in [0.05, 0.1) is 10.7 Å². The number of nitrogens with zero attached hydrogens (tertiary/aromatic N) is 2. The van der Waals surface area contributed by atoms with Gasteiger partial charge in [0.15, 0.2) is 0 Å². The molecule has 1 heterocycles. The Bertz CT molecular complexity index is 698. The normalized spacial score (nSPS) is 26.1. The van der Waals surface area contributed by atoms with Gasteiger partial charge in [0.2, 0.25) is 0 Å². The number of carbonyl (C=O) groups excluding carboxylic acids is 1. The Kier molecular flexibility index (Phi) is 6.58. The van der Waals surface area contributed by atoms with E-state index in [1.54, 1.807) is 0 Å². The van der Waals surface area contributed by atoms with Gasteiger partial charge >= 0.3 is 0 Å². The van der Waals surface area contributed by atoms with Crippen LogP contribution in [0.25, 0.3) is 0 Å². The maximum Gasteiger partial charge on any atom is 0.251 e. The lowest BCUT2D eigenvalue weighted by Gasteiger charge is -2.43. The van der Waals surface area contributed by atoms with Crippen molar-refractivity contribution < 1.29 is 9.90 Å². The molecule has 1 atom stereocenters. The van der Waals surface area contributed by atoms with Gasteiger partial charge in [-0.2, -0.15) is 0 Å². The lowest BCUT2D eigenvalue weighted by Crippen LogP contribution is -2.53. The summed E-state index contributed by atoms with van der Waals surface area (Å²) < 4.78 is 0. The van der Waals surface area contributed by atoms with Crippen LogP contribution in [0, 0.1) is 12.8 Å². The number of nitrogens with one attached hydrogen (secondary N) is 1. The summed E-state index contributed by atoms with van der Waals surface area (Å²) in [6.45, 7) is 11.6. The van der Waals surface area contributed by atoms with E-state index in [4.69, 9.17) is 11.6 Å². The van der Waals surface area contributed by atoms with Crippen LogP contribution in [-0.4, -0.2) is 59.8 Å². The zero-order valence-electron chi connectivity index (χ0n) is 17.5. The van der Waals surface area contributed by atoms with Gasteiger partial charge in [0.25, 0.3) is 5.91 Å². The molecule has 1 aliphatic carbocycles. The number of anilines is 1. The fourth-order valence-corrected chi connectivity index (χ4v) is 4.50. The predicted octanol–water partition coefficient (Wildman–Crippen LogP) is 3.21. The summed E-state index contributed by atoms with van der Waals surface area (Å²) in [4.78, 5) is 16.8. The summed E-state index contributed by atoms with van der Waals surface area (Å²) >= 11 is 6.53. The number of aryl methyl sites for hydroxylation is 1. The van der Waals surface area contributed by atoms with Crippen molar-refractivity contribution in [1.82, 2.24) is 10.2 Å². The van der Waals surface area contributed by atoms with Crippen LogP contribution in [0.4, 0.5) is 5.69 Å². The molecule has 1 saturated heterocycles. The van der Waals surface area contributed by atoms with E-state index < -0.39 is 5.60 Å². The van der Waals surface area contributed by atoms with Gasteiger partial charge in [-0.25, -0.2) is 0 Å². The molecular formula is C22H34ClN3O2. The Morgan fingerprint density at radius 3 is 2.68 bits per heavy atom. The quantitative estimate of drug-likeness (QED) is 0.760. The van der Waals surface area contributed by atoms with E-state index in [1.807, 2.05) is 0 Å². The number of piperazine rings is 1. The van der Waals surface area contributed by atoms with Crippen molar-refractivity contribution in [1.29, 1.82) is 0 Å². The maximum atomic E-state index is 11.8. The van der Waals surface area contributed by atoms with Gasteiger partial charge in [-0.1, -0.05) is 23.7 Å². The number of halogens is 1. The Morgan fingerprint density at radius 1 is 1.32 bits per heavy atom. The number of carbonyl (C=O) groups is 1. The molecule has 5 nitrogen and oxygen atoms in total. The van der Waals surface area contributed by atoms with E-state index >= 15 is 0 Å². The highest BCUT2D eigenvalue weighted by Crippen LogP contribution is 2.33. The Hall–Kier alpha value is -1.30. The van der Waals surface area contributed by atoms with Crippen LogP contribution in [-0.2, 0) is 4.79 Å². The monoisotopic (exact) mass is 407 g/mol. The molecule has 1 amide bonds. The first-order chi connectivity index (χ1) is 13.1. The number of hydrogen-bond donors (Lipinski definition) is 2. The third-order valence-corrected chi connectivity index (χ3v) is 6.66. The van der Waals surface area contributed by atoms with Gasteiger partial charge in [-0.3, -0.25) is 9.69 Å². The zero-order valence-corrected chi connectivity index (χ0v) is 18.3. The molecule has 3 rings (SSSR count). The van der Waals surface area contributed by atoms with Gasteiger partial charge in [-0.05, 0) is 71.0 Å². The minimum atomic E-state index is -1.29. The second kappa shape index (κ2) is 8.60. The van der Waals surface area contributed by atoms with Crippen LogP contribution in [0.2, 0.25) is 5.02 Å². The predicted molar refractivity (Wildman–Crippen MR) is 115 cm³/mol. The van der Waals surface area contributed by atoms with E-state index in [0.29, 0.717) is 12.0 Å². The van der Waals surface area contributed by atoms with Crippen molar-refractivity contribution in [2.24, 2.45) is 5.92 Å². The number of rotatable bonds is 6. The summed E-state index contributed by atoms with van der Waals surface area (Å²) in [5.41, 5.74) is 0.990. The summed E-state index contributed by atoms with van der Waals surface area (Å²) in [6, 6.07) is 6.93. The number of hydrogen-bond acceptors (Lipinski definition) is 4. The second-order valence-corrected chi connectivity index (χ2v) is 9.48. The molecule has 1 aliphatic heterocycles. The van der Waals surface area contributed by atoms with E-state index in [-0.39, 0.29) is 11.9 Å². The largest absolute Gasteiger partial charge is 0.381 e. The molecule has 0 radical (unpaired) electrons. The van der Waals surface area contributed by atoms with Crippen LogP contribution < -0.4 is 10.2 Å². The first-order valence-corrected chi connectivity index (χ1v) is 10.8. The number of benzene rings is 1. The smallest absolute Gasteiger partial charge is 0.251 e. The molecule has 2 N–H and O–H groups in total. The van der Waals surface area contributed by atoms with Crippen molar-refractivity contribution in [3.05, 3.63) is 28.8 Å². The Labute approximate surface area is 174 Å². The molecule has 1 aromatic rings. The summed E-state index contributed by atoms with van der Waals surface area (Å²) in [7, 11) is 0. The minimum Gasteiger partial charge on any atom is -0.381 e. The molecule has 156 valence electrons. The van der Waals surface area contributed by atoms with Crippen LogP contribution >= 0.6 is 11.6 Å². The van der Waals surface area contributed by atoms with Crippen LogP contribution in [0.5, 0.6) is 0 Å². The molecule has 0 unspecified atom stereocenters. The highest BCUT2D eigenvalue weighted by atomic mass is 35.5. The molecule has 2 fully saturated rings. The SMILES string of the molecule is Cc1cccc(N2CCN(CCC3CC(NC(=O)C(C)(C)O)C3)C[C@H]2C)c1Cl. The zero-order chi connectivity index (χ0) is 20.5. The fraction of sp³-hybridized carbons (Fsp3) is 0.682. The number of amides is 1. The van der Waals surface area contributed by atoms with Crippen LogP contribution in [0.1, 0.15) is 45.6 Å². The Morgan fingerprint density at radius 2 is 2.04 bits per heavy atom. The standard InChI is InChI=1S/C22H34ClN3O2/c1-15-6-5-7-19(20(15)23)26-11-10-25(14-16(26)2)9-8-17-12-18(13-17)24-21(27)22(3,4)28/h5-7,16-18,28H,8-14H2,1-4H3,(H,24,27)/t16-,17?,18?/m1/s1. The van der Waals surface area contributed by atoms with Gasteiger partial charge in [-0.15, -0.1) is 0 Å². The molecule has 2 aliphatic rings. The van der Waals surface area contributed by atoms with Crippen molar-refractivity contribution in [2.45, 2.75) is 64.6 Å². The van der Waals surface area contributed by atoms with Crippen LogP contribution in [0.15, 0.2) is 18.2 Å². The van der Waals surface area contributed by atoms with E-state index in [9.17, 15) is 9.90 Å². The highest BCUT2D eigenvalue weighted by Gasteiger charge is 2.34.